The van der Waals surface area contributed by atoms with E-state index in [1.54, 1.807) is 0 Å². The second-order valence-electron chi connectivity index (χ2n) is 5.32. The number of hydrogen-bond donors (Lipinski definition) is 5. The Labute approximate surface area is 135 Å². The fraction of sp³-hybridized carbons (Fsp3) is 0.188. The second-order valence-corrected chi connectivity index (χ2v) is 5.32. The minimum Gasteiger partial charge on any atom is -0.508 e. The number of rotatable bonds is 2. The van der Waals surface area contributed by atoms with Crippen LogP contribution in [0, 0.1) is 0 Å². The lowest BCUT2D eigenvalue weighted by Crippen LogP contribution is -2.49. The van der Waals surface area contributed by atoms with Crippen LogP contribution in [-0.4, -0.2) is 44.2 Å². The minimum absolute atomic E-state index is 0.0835. The summed E-state index contributed by atoms with van der Waals surface area (Å²) in [5.74, 6) is -5.53. The summed E-state index contributed by atoms with van der Waals surface area (Å²) in [7, 11) is 1.35. The molecule has 2 aromatic rings. The van der Waals surface area contributed by atoms with E-state index in [-0.39, 0.29) is 28.6 Å². The van der Waals surface area contributed by atoms with Crippen LogP contribution in [0.25, 0.3) is 0 Å². The number of aliphatic hydroxyl groups is 2. The molecule has 1 unspecified atom stereocenters. The van der Waals surface area contributed by atoms with Crippen LogP contribution in [0.2, 0.25) is 0 Å². The summed E-state index contributed by atoms with van der Waals surface area (Å²) in [5, 5.41) is 49.5. The quantitative estimate of drug-likeness (QED) is 0.509. The zero-order valence-electron chi connectivity index (χ0n) is 12.4. The van der Waals surface area contributed by atoms with Gasteiger partial charge < -0.3 is 35.0 Å². The Morgan fingerprint density at radius 2 is 1.79 bits per heavy atom. The van der Waals surface area contributed by atoms with Crippen molar-refractivity contribution in [2.45, 2.75) is 11.9 Å². The van der Waals surface area contributed by atoms with Gasteiger partial charge >= 0.3 is 0 Å². The maximum Gasteiger partial charge on any atom is 0.271 e. The van der Waals surface area contributed by atoms with Gasteiger partial charge in [-0.1, -0.05) is 6.07 Å². The first-order valence-corrected chi connectivity index (χ1v) is 6.84. The summed E-state index contributed by atoms with van der Waals surface area (Å²) in [4.78, 5) is 12.4. The van der Waals surface area contributed by atoms with Crippen LogP contribution >= 0.6 is 0 Å². The first-order chi connectivity index (χ1) is 11.3. The molecule has 1 atom stereocenters. The van der Waals surface area contributed by atoms with Gasteiger partial charge in [0.2, 0.25) is 5.78 Å². The highest BCUT2D eigenvalue weighted by molar-refractivity contribution is 6.07. The van der Waals surface area contributed by atoms with Gasteiger partial charge in [0.25, 0.3) is 5.79 Å². The average Bonchev–Trinajstić information content (AvgIpc) is 2.50. The second kappa shape index (κ2) is 5.29. The Morgan fingerprint density at radius 1 is 1.08 bits per heavy atom. The number of fused-ring (bicyclic) bond motifs is 1. The van der Waals surface area contributed by atoms with Gasteiger partial charge in [-0.15, -0.1) is 0 Å². The number of aromatic hydroxyl groups is 3. The molecule has 0 saturated heterocycles. The van der Waals surface area contributed by atoms with Crippen LogP contribution in [0.4, 0.5) is 0 Å². The van der Waals surface area contributed by atoms with Crippen LogP contribution in [-0.2, 0) is 0 Å². The Hall–Kier alpha value is -2.97. The SMILES string of the molecule is COc1ccc(C2Oc3cc(O)cc(O)c3C(=O)C2(O)O)cc1O. The molecule has 1 aliphatic heterocycles. The van der Waals surface area contributed by atoms with Crippen molar-refractivity contribution in [2.24, 2.45) is 0 Å². The fourth-order valence-corrected chi connectivity index (χ4v) is 2.59. The lowest BCUT2D eigenvalue weighted by Gasteiger charge is -2.35. The minimum atomic E-state index is -2.98. The Kier molecular flexibility index (Phi) is 3.51. The fourth-order valence-electron chi connectivity index (χ4n) is 2.59. The molecule has 0 radical (unpaired) electrons. The summed E-state index contributed by atoms with van der Waals surface area (Å²) in [6.45, 7) is 0. The predicted octanol–water partition coefficient (Wildman–Crippen LogP) is 0.809. The van der Waals surface area contributed by atoms with Crippen molar-refractivity contribution in [2.75, 3.05) is 7.11 Å². The lowest BCUT2D eigenvalue weighted by molar-refractivity contribution is -0.186. The Morgan fingerprint density at radius 3 is 2.42 bits per heavy atom. The molecule has 0 fully saturated rings. The van der Waals surface area contributed by atoms with E-state index in [4.69, 9.17) is 9.47 Å². The molecule has 8 nitrogen and oxygen atoms in total. The van der Waals surface area contributed by atoms with Gasteiger partial charge in [-0.25, -0.2) is 0 Å². The molecule has 0 spiro atoms. The third-order valence-corrected chi connectivity index (χ3v) is 3.74. The van der Waals surface area contributed by atoms with Crippen molar-refractivity contribution in [3.8, 4) is 28.7 Å². The zero-order valence-corrected chi connectivity index (χ0v) is 12.4. The third-order valence-electron chi connectivity index (χ3n) is 3.74. The maximum atomic E-state index is 12.4. The molecule has 0 amide bonds. The normalized spacial score (nSPS) is 18.6. The van der Waals surface area contributed by atoms with E-state index >= 15 is 0 Å². The van der Waals surface area contributed by atoms with Crippen LogP contribution in [0.15, 0.2) is 30.3 Å². The highest BCUT2D eigenvalue weighted by Gasteiger charge is 2.51. The number of phenolic OH excluding ortho intramolecular Hbond substituents is 3. The molecule has 8 heteroatoms. The van der Waals surface area contributed by atoms with Gasteiger partial charge in [-0.05, 0) is 12.1 Å². The van der Waals surface area contributed by atoms with Gasteiger partial charge in [0.05, 0.1) is 7.11 Å². The zero-order chi connectivity index (χ0) is 17.6. The third kappa shape index (κ3) is 2.29. The Balaban J connectivity index is 2.13. The van der Waals surface area contributed by atoms with Crippen molar-refractivity contribution < 1.29 is 39.8 Å². The smallest absolute Gasteiger partial charge is 0.271 e. The van der Waals surface area contributed by atoms with Crippen molar-refractivity contribution in [3.05, 3.63) is 41.5 Å². The molecule has 0 bridgehead atoms. The van der Waals surface area contributed by atoms with E-state index in [9.17, 15) is 30.3 Å². The monoisotopic (exact) mass is 334 g/mol. The van der Waals surface area contributed by atoms with Gasteiger partial charge in [0.15, 0.2) is 17.6 Å². The molecule has 1 heterocycles. The summed E-state index contributed by atoms with van der Waals surface area (Å²) in [5.41, 5.74) is -0.369. The summed E-state index contributed by atoms with van der Waals surface area (Å²) < 4.78 is 10.3. The molecule has 24 heavy (non-hydrogen) atoms. The van der Waals surface area contributed by atoms with E-state index < -0.39 is 29.0 Å². The van der Waals surface area contributed by atoms with E-state index in [0.717, 1.165) is 18.2 Å². The number of carbonyl (C=O) groups excluding carboxylic acids is 1. The molecule has 1 aliphatic rings. The molecule has 5 N–H and O–H groups in total. The molecule has 0 aromatic heterocycles. The number of methoxy groups -OCH3 is 1. The van der Waals surface area contributed by atoms with Gasteiger partial charge in [-0.3, -0.25) is 4.79 Å². The van der Waals surface area contributed by atoms with Gasteiger partial charge in [0, 0.05) is 17.7 Å². The first kappa shape index (κ1) is 15.9. The van der Waals surface area contributed by atoms with Crippen molar-refractivity contribution in [3.63, 3.8) is 0 Å². The molecule has 0 aliphatic carbocycles. The lowest BCUT2D eigenvalue weighted by atomic mass is 9.89. The average molecular weight is 334 g/mol. The van der Waals surface area contributed by atoms with Crippen molar-refractivity contribution >= 4 is 5.78 Å². The number of phenols is 3. The summed E-state index contributed by atoms with van der Waals surface area (Å²) in [6.07, 6.45) is -1.59. The van der Waals surface area contributed by atoms with Crippen LogP contribution < -0.4 is 9.47 Å². The van der Waals surface area contributed by atoms with Crippen LogP contribution in [0.5, 0.6) is 28.7 Å². The van der Waals surface area contributed by atoms with Crippen molar-refractivity contribution in [1.82, 2.24) is 0 Å². The number of ketones is 1. The number of ether oxygens (including phenoxy) is 2. The largest absolute Gasteiger partial charge is 0.508 e. The number of Topliss-reactive ketones (excluding diaryl/α,β-unsaturated/α-hetero) is 1. The van der Waals surface area contributed by atoms with E-state index in [1.807, 2.05) is 0 Å². The van der Waals surface area contributed by atoms with Crippen molar-refractivity contribution in [1.29, 1.82) is 0 Å². The summed E-state index contributed by atoms with van der Waals surface area (Å²) >= 11 is 0. The Bertz CT molecular complexity index is 827. The van der Waals surface area contributed by atoms with E-state index in [0.29, 0.717) is 0 Å². The highest BCUT2D eigenvalue weighted by Crippen LogP contribution is 2.45. The standard InChI is InChI=1S/C16H14O8/c1-23-11-3-2-7(4-9(11)18)15-16(21,22)14(20)13-10(19)5-8(17)6-12(13)24-15/h2-6,15,17-19,21-22H,1H3. The van der Waals surface area contributed by atoms with Crippen LogP contribution in [0.1, 0.15) is 22.0 Å². The summed E-state index contributed by atoms with van der Waals surface area (Å²) in [6, 6.07) is 5.86. The first-order valence-electron chi connectivity index (χ1n) is 6.84. The van der Waals surface area contributed by atoms with E-state index in [1.165, 1.54) is 19.2 Å². The molecular weight excluding hydrogens is 320 g/mol. The van der Waals surface area contributed by atoms with Gasteiger partial charge in [0.1, 0.15) is 22.8 Å². The molecule has 126 valence electrons. The van der Waals surface area contributed by atoms with Gasteiger partial charge in [-0.2, -0.15) is 0 Å². The number of carbonyl (C=O) groups is 1. The number of benzene rings is 2. The molecule has 0 saturated carbocycles. The van der Waals surface area contributed by atoms with E-state index in [2.05, 4.69) is 0 Å². The molecular formula is C16H14O8. The highest BCUT2D eigenvalue weighted by atomic mass is 16.6. The topological polar surface area (TPSA) is 137 Å². The number of hydrogen-bond acceptors (Lipinski definition) is 8. The maximum absolute atomic E-state index is 12.4. The van der Waals surface area contributed by atoms with Crippen LogP contribution in [0.3, 0.4) is 0 Å². The molecule has 3 rings (SSSR count). The molecule has 2 aromatic carbocycles. The predicted molar refractivity (Wildman–Crippen MR) is 79.3 cm³/mol.